The Morgan fingerprint density at radius 1 is 0.884 bits per heavy atom. The van der Waals surface area contributed by atoms with Crippen LogP contribution in [0.25, 0.3) is 11.1 Å². The fourth-order valence-electron chi connectivity index (χ4n) is 4.47. The number of aliphatic hydroxyl groups is 1. The first kappa shape index (κ1) is 31.6. The number of rotatable bonds is 10. The second-order valence-electron chi connectivity index (χ2n) is 10.00. The van der Waals surface area contributed by atoms with Crippen LogP contribution in [0.15, 0.2) is 78.9 Å². The van der Waals surface area contributed by atoms with E-state index in [0.717, 1.165) is 5.56 Å². The zero-order valence-corrected chi connectivity index (χ0v) is 22.8. The summed E-state index contributed by atoms with van der Waals surface area (Å²) in [4.78, 5) is 40.9. The molecule has 1 heterocycles. The highest BCUT2D eigenvalue weighted by Gasteiger charge is 2.58. The molecule has 0 aliphatic carbocycles. The van der Waals surface area contributed by atoms with Gasteiger partial charge in [-0.05, 0) is 29.7 Å². The van der Waals surface area contributed by atoms with E-state index in [0.29, 0.717) is 29.3 Å². The number of anilines is 1. The average Bonchev–Trinajstić information content (AvgIpc) is 3.07. The summed E-state index contributed by atoms with van der Waals surface area (Å²) in [6.45, 7) is -1.15. The van der Waals surface area contributed by atoms with Gasteiger partial charge in [-0.2, -0.15) is 22.0 Å². The standard InChI is InChI=1S/C30H28F5N3O5/c1-28(42,26(40)36-18-29(31,32)30(33,34)35)27(41)37-24-22-13-6-5-11-20(22)21-12-7-8-14-23(21)38(25(24)39)15-16-43-17-19-9-3-2-4-10-19/h2-14,24,42H,15-18H2,1H3,(H,36,40)(H,37,41)/t24-,28?/m0/s1. The largest absolute Gasteiger partial charge is 0.455 e. The summed E-state index contributed by atoms with van der Waals surface area (Å²) in [7, 11) is 0. The molecule has 3 amide bonds. The molecule has 43 heavy (non-hydrogen) atoms. The lowest BCUT2D eigenvalue weighted by Crippen LogP contribution is -2.59. The smallest absolute Gasteiger partial charge is 0.375 e. The van der Waals surface area contributed by atoms with Gasteiger partial charge >= 0.3 is 12.1 Å². The maximum Gasteiger partial charge on any atom is 0.455 e. The Morgan fingerprint density at radius 3 is 2.16 bits per heavy atom. The van der Waals surface area contributed by atoms with Gasteiger partial charge in [-0.15, -0.1) is 0 Å². The number of benzene rings is 3. The molecule has 1 unspecified atom stereocenters. The fourth-order valence-corrected chi connectivity index (χ4v) is 4.47. The normalized spacial score (nSPS) is 16.4. The molecule has 0 bridgehead atoms. The third-order valence-electron chi connectivity index (χ3n) is 6.89. The third kappa shape index (κ3) is 6.83. The van der Waals surface area contributed by atoms with Crippen molar-refractivity contribution in [3.8, 4) is 11.1 Å². The number of para-hydroxylation sites is 1. The summed E-state index contributed by atoms with van der Waals surface area (Å²) in [6.07, 6.45) is -5.96. The predicted octanol–water partition coefficient (Wildman–Crippen LogP) is 4.14. The van der Waals surface area contributed by atoms with E-state index in [9.17, 15) is 41.4 Å². The number of hydrogen-bond acceptors (Lipinski definition) is 5. The van der Waals surface area contributed by atoms with Gasteiger partial charge in [0.1, 0.15) is 6.04 Å². The zero-order chi connectivity index (χ0) is 31.4. The van der Waals surface area contributed by atoms with Crippen molar-refractivity contribution in [2.45, 2.75) is 37.3 Å². The first-order valence-electron chi connectivity index (χ1n) is 13.1. The van der Waals surface area contributed by atoms with Crippen molar-refractivity contribution < 1.29 is 46.2 Å². The van der Waals surface area contributed by atoms with E-state index in [1.54, 1.807) is 48.5 Å². The maximum atomic E-state index is 14.0. The summed E-state index contributed by atoms with van der Waals surface area (Å²) < 4.78 is 70.0. The van der Waals surface area contributed by atoms with Gasteiger partial charge < -0.3 is 25.4 Å². The minimum Gasteiger partial charge on any atom is -0.375 e. The Hall–Kier alpha value is -4.36. The molecule has 2 atom stereocenters. The number of carbonyl (C=O) groups is 3. The fraction of sp³-hybridized carbons (Fsp3) is 0.300. The molecule has 3 N–H and O–H groups in total. The summed E-state index contributed by atoms with van der Waals surface area (Å²) >= 11 is 0. The molecule has 0 saturated heterocycles. The molecule has 1 aliphatic heterocycles. The molecule has 3 aromatic rings. The summed E-state index contributed by atoms with van der Waals surface area (Å²) in [5.74, 6) is -9.26. The van der Waals surface area contributed by atoms with Crippen molar-refractivity contribution in [3.63, 3.8) is 0 Å². The average molecular weight is 606 g/mol. The molecule has 3 aromatic carbocycles. The highest BCUT2D eigenvalue weighted by molar-refractivity contribution is 6.11. The first-order valence-corrected chi connectivity index (χ1v) is 13.1. The second kappa shape index (κ2) is 12.5. The molecule has 13 heteroatoms. The van der Waals surface area contributed by atoms with Crippen molar-refractivity contribution in [2.75, 3.05) is 24.6 Å². The van der Waals surface area contributed by atoms with Crippen LogP contribution in [0.3, 0.4) is 0 Å². The topological polar surface area (TPSA) is 108 Å². The van der Waals surface area contributed by atoms with Gasteiger partial charge in [-0.25, -0.2) is 0 Å². The van der Waals surface area contributed by atoms with Crippen molar-refractivity contribution in [3.05, 3.63) is 90.0 Å². The van der Waals surface area contributed by atoms with E-state index in [1.807, 2.05) is 30.3 Å². The molecule has 0 fully saturated rings. The van der Waals surface area contributed by atoms with Crippen LogP contribution in [-0.2, 0) is 25.7 Å². The quantitative estimate of drug-likeness (QED) is 0.183. The number of carbonyl (C=O) groups excluding carboxylic acids is 3. The van der Waals surface area contributed by atoms with E-state index < -0.39 is 48.0 Å². The van der Waals surface area contributed by atoms with Gasteiger partial charge in [0.2, 0.25) is 5.60 Å². The van der Waals surface area contributed by atoms with Gasteiger partial charge in [0.25, 0.3) is 17.7 Å². The monoisotopic (exact) mass is 605 g/mol. The Labute approximate surface area is 243 Å². The Kier molecular flexibility index (Phi) is 9.16. The minimum absolute atomic E-state index is 0.0481. The van der Waals surface area contributed by atoms with E-state index >= 15 is 0 Å². The molecule has 8 nitrogen and oxygen atoms in total. The lowest BCUT2D eigenvalue weighted by Gasteiger charge is -2.29. The van der Waals surface area contributed by atoms with Crippen molar-refractivity contribution in [1.29, 1.82) is 0 Å². The second-order valence-corrected chi connectivity index (χ2v) is 10.00. The van der Waals surface area contributed by atoms with E-state index in [-0.39, 0.29) is 19.8 Å². The van der Waals surface area contributed by atoms with Crippen LogP contribution in [0.5, 0.6) is 0 Å². The lowest BCUT2D eigenvalue weighted by molar-refractivity contribution is -0.278. The highest BCUT2D eigenvalue weighted by atomic mass is 19.4. The summed E-state index contributed by atoms with van der Waals surface area (Å²) in [5, 5.41) is 14.2. The first-order chi connectivity index (χ1) is 20.2. The molecular weight excluding hydrogens is 577 g/mol. The van der Waals surface area contributed by atoms with Gasteiger partial charge in [0, 0.05) is 12.1 Å². The number of alkyl halides is 5. The zero-order valence-electron chi connectivity index (χ0n) is 22.8. The van der Waals surface area contributed by atoms with Crippen LogP contribution in [-0.4, -0.2) is 60.2 Å². The van der Waals surface area contributed by atoms with Crippen LogP contribution in [0.1, 0.15) is 24.1 Å². The molecule has 0 spiro atoms. The van der Waals surface area contributed by atoms with Crippen molar-refractivity contribution in [2.24, 2.45) is 0 Å². The Morgan fingerprint density at radius 2 is 1.49 bits per heavy atom. The predicted molar refractivity (Wildman–Crippen MR) is 146 cm³/mol. The number of hydrogen-bond donors (Lipinski definition) is 3. The number of ether oxygens (including phenoxy) is 1. The maximum absolute atomic E-state index is 14.0. The van der Waals surface area contributed by atoms with Gasteiger partial charge in [0.15, 0.2) is 0 Å². The number of nitrogens with one attached hydrogen (secondary N) is 2. The molecule has 0 aromatic heterocycles. The molecular formula is C30H28F5N3O5. The molecule has 4 rings (SSSR count). The summed E-state index contributed by atoms with van der Waals surface area (Å²) in [5.41, 5.74) is -0.195. The van der Waals surface area contributed by atoms with Gasteiger partial charge in [0.05, 0.1) is 25.4 Å². The minimum atomic E-state index is -5.96. The summed E-state index contributed by atoms with van der Waals surface area (Å²) in [6, 6.07) is 21.4. The van der Waals surface area contributed by atoms with Crippen LogP contribution in [0.4, 0.5) is 27.6 Å². The Bertz CT molecular complexity index is 1480. The van der Waals surface area contributed by atoms with Crippen molar-refractivity contribution in [1.82, 2.24) is 10.6 Å². The number of halogens is 5. The van der Waals surface area contributed by atoms with E-state index in [2.05, 4.69) is 5.32 Å². The van der Waals surface area contributed by atoms with E-state index in [4.69, 9.17) is 4.74 Å². The van der Waals surface area contributed by atoms with Crippen LogP contribution in [0, 0.1) is 0 Å². The molecule has 0 saturated carbocycles. The lowest BCUT2D eigenvalue weighted by atomic mass is 9.94. The highest BCUT2D eigenvalue weighted by Crippen LogP contribution is 2.40. The number of nitrogens with zero attached hydrogens (tertiary/aromatic N) is 1. The SMILES string of the molecule is CC(O)(C(=O)NCC(F)(F)C(F)(F)F)C(=O)N[C@@H]1C(=O)N(CCOCc2ccccc2)c2ccccc2-c2ccccc21. The molecule has 1 aliphatic rings. The van der Waals surface area contributed by atoms with Crippen LogP contribution in [0.2, 0.25) is 0 Å². The number of fused-ring (bicyclic) bond motifs is 3. The van der Waals surface area contributed by atoms with Gasteiger partial charge in [-0.3, -0.25) is 14.4 Å². The Balaban J connectivity index is 1.58. The van der Waals surface area contributed by atoms with Crippen molar-refractivity contribution >= 4 is 23.4 Å². The third-order valence-corrected chi connectivity index (χ3v) is 6.89. The molecule has 228 valence electrons. The van der Waals surface area contributed by atoms with Crippen LogP contribution >= 0.6 is 0 Å². The van der Waals surface area contributed by atoms with Crippen LogP contribution < -0.4 is 15.5 Å². The van der Waals surface area contributed by atoms with E-state index in [1.165, 1.54) is 10.2 Å². The number of amides is 3. The molecule has 0 radical (unpaired) electrons. The van der Waals surface area contributed by atoms with Gasteiger partial charge in [-0.1, -0.05) is 72.8 Å².